The maximum atomic E-state index is 12.4. The summed E-state index contributed by atoms with van der Waals surface area (Å²) in [5.41, 5.74) is 3.53. The third-order valence-electron chi connectivity index (χ3n) is 4.28. The number of amides is 1. The van der Waals surface area contributed by atoms with Crippen LogP contribution in [-0.2, 0) is 22.6 Å². The van der Waals surface area contributed by atoms with Crippen molar-refractivity contribution >= 4 is 11.6 Å². The highest BCUT2D eigenvalue weighted by Gasteiger charge is 2.14. The second kappa shape index (κ2) is 8.97. The first-order valence-electron chi connectivity index (χ1n) is 8.55. The summed E-state index contributed by atoms with van der Waals surface area (Å²) in [6.07, 6.45) is 0.699. The van der Waals surface area contributed by atoms with Crippen LogP contribution in [0.5, 0.6) is 0 Å². The van der Waals surface area contributed by atoms with E-state index in [0.717, 1.165) is 16.8 Å². The summed E-state index contributed by atoms with van der Waals surface area (Å²) in [5.74, 6) is -0.127. The number of aryl methyl sites for hydroxylation is 1. The summed E-state index contributed by atoms with van der Waals surface area (Å²) in [6, 6.07) is 9.45. The van der Waals surface area contributed by atoms with Crippen LogP contribution in [0.4, 0.5) is 5.69 Å². The molecule has 1 heterocycles. The Bertz CT molecular complexity index is 894. The number of rotatable bonds is 7. The van der Waals surface area contributed by atoms with Crippen molar-refractivity contribution < 1.29 is 9.53 Å². The van der Waals surface area contributed by atoms with Crippen molar-refractivity contribution in [2.45, 2.75) is 40.2 Å². The Kier molecular flexibility index (Phi) is 6.70. The minimum absolute atomic E-state index is 0.105. The molecule has 1 amide bonds. The average Bonchev–Trinajstić information content (AvgIpc) is 2.61. The van der Waals surface area contributed by atoms with Gasteiger partial charge in [-0.1, -0.05) is 18.2 Å². The molecule has 2 aromatic rings. The molecular weight excluding hydrogens is 330 g/mol. The fourth-order valence-electron chi connectivity index (χ4n) is 2.85. The van der Waals surface area contributed by atoms with Crippen molar-refractivity contribution in [3.05, 3.63) is 62.6 Å². The second-order valence-electron chi connectivity index (χ2n) is 6.01. The van der Waals surface area contributed by atoms with Crippen LogP contribution in [-0.4, -0.2) is 17.5 Å². The first kappa shape index (κ1) is 19.4. The van der Waals surface area contributed by atoms with Crippen LogP contribution < -0.4 is 10.9 Å². The van der Waals surface area contributed by atoms with Gasteiger partial charge in [0, 0.05) is 30.0 Å². The van der Waals surface area contributed by atoms with E-state index in [0.29, 0.717) is 30.9 Å². The summed E-state index contributed by atoms with van der Waals surface area (Å²) in [5, 5.41) is 12.0. The Labute approximate surface area is 152 Å². The fraction of sp³-hybridized carbons (Fsp3) is 0.350. The van der Waals surface area contributed by atoms with Gasteiger partial charge >= 0.3 is 0 Å². The summed E-state index contributed by atoms with van der Waals surface area (Å²) in [6.45, 7) is 6.49. The van der Waals surface area contributed by atoms with Gasteiger partial charge < -0.3 is 15.0 Å². The van der Waals surface area contributed by atoms with Gasteiger partial charge in [-0.05, 0) is 44.4 Å². The van der Waals surface area contributed by atoms with E-state index in [-0.39, 0.29) is 23.5 Å². The SMILES string of the molecule is CCOCc1ccccc1NC(=O)CCc1c(C)[nH]c(=O)c(C#N)c1C. The molecule has 2 N–H and O–H groups in total. The minimum atomic E-state index is -0.388. The van der Waals surface area contributed by atoms with Crippen LogP contribution in [0.15, 0.2) is 29.1 Å². The van der Waals surface area contributed by atoms with Crippen LogP contribution in [0.1, 0.15) is 41.3 Å². The third kappa shape index (κ3) is 4.58. The van der Waals surface area contributed by atoms with Crippen molar-refractivity contribution in [2.24, 2.45) is 0 Å². The van der Waals surface area contributed by atoms with Crippen LogP contribution in [0.25, 0.3) is 0 Å². The number of pyridine rings is 1. The number of ether oxygens (including phenoxy) is 1. The molecule has 6 heteroatoms. The molecule has 0 atom stereocenters. The molecule has 0 fully saturated rings. The number of nitrogens with zero attached hydrogens (tertiary/aromatic N) is 1. The highest BCUT2D eigenvalue weighted by atomic mass is 16.5. The van der Waals surface area contributed by atoms with Gasteiger partial charge in [-0.25, -0.2) is 0 Å². The lowest BCUT2D eigenvalue weighted by atomic mass is 9.99. The minimum Gasteiger partial charge on any atom is -0.377 e. The van der Waals surface area contributed by atoms with Crippen molar-refractivity contribution in [3.8, 4) is 6.07 Å². The van der Waals surface area contributed by atoms with E-state index in [1.54, 1.807) is 13.8 Å². The van der Waals surface area contributed by atoms with Gasteiger partial charge in [-0.3, -0.25) is 9.59 Å². The Morgan fingerprint density at radius 1 is 1.31 bits per heavy atom. The molecule has 1 aromatic carbocycles. The van der Waals surface area contributed by atoms with E-state index >= 15 is 0 Å². The van der Waals surface area contributed by atoms with Crippen molar-refractivity contribution in [2.75, 3.05) is 11.9 Å². The smallest absolute Gasteiger partial charge is 0.266 e. The molecule has 2 rings (SSSR count). The quantitative estimate of drug-likeness (QED) is 0.800. The van der Waals surface area contributed by atoms with Crippen LogP contribution >= 0.6 is 0 Å². The van der Waals surface area contributed by atoms with E-state index in [9.17, 15) is 9.59 Å². The van der Waals surface area contributed by atoms with E-state index in [1.807, 2.05) is 37.3 Å². The number of H-pyrrole nitrogens is 1. The lowest BCUT2D eigenvalue weighted by Crippen LogP contribution is -2.18. The van der Waals surface area contributed by atoms with E-state index in [2.05, 4.69) is 10.3 Å². The maximum absolute atomic E-state index is 12.4. The lowest BCUT2D eigenvalue weighted by Gasteiger charge is -2.13. The molecule has 0 bridgehead atoms. The Balaban J connectivity index is 2.09. The van der Waals surface area contributed by atoms with Crippen molar-refractivity contribution in [3.63, 3.8) is 0 Å². The van der Waals surface area contributed by atoms with Crippen molar-refractivity contribution in [1.29, 1.82) is 5.26 Å². The number of benzene rings is 1. The molecule has 0 unspecified atom stereocenters. The standard InChI is InChI=1S/C20H23N3O3/c1-4-26-12-15-7-5-6-8-18(15)23-19(24)10-9-16-13(2)17(11-21)20(25)22-14(16)3/h5-8H,4,9-10,12H2,1-3H3,(H,22,25)(H,23,24). The number of carbonyl (C=O) groups is 1. The molecule has 0 radical (unpaired) electrons. The molecule has 136 valence electrons. The number of aromatic nitrogens is 1. The number of aromatic amines is 1. The van der Waals surface area contributed by atoms with Crippen LogP contribution in [0, 0.1) is 25.2 Å². The van der Waals surface area contributed by atoms with E-state index in [1.165, 1.54) is 0 Å². The normalized spacial score (nSPS) is 10.4. The summed E-state index contributed by atoms with van der Waals surface area (Å²) < 4.78 is 5.42. The van der Waals surface area contributed by atoms with E-state index in [4.69, 9.17) is 10.00 Å². The summed E-state index contributed by atoms with van der Waals surface area (Å²) in [7, 11) is 0. The summed E-state index contributed by atoms with van der Waals surface area (Å²) in [4.78, 5) is 26.8. The van der Waals surface area contributed by atoms with E-state index < -0.39 is 0 Å². The zero-order valence-electron chi connectivity index (χ0n) is 15.3. The molecule has 0 aliphatic heterocycles. The lowest BCUT2D eigenvalue weighted by molar-refractivity contribution is -0.116. The molecular formula is C20H23N3O3. The fourth-order valence-corrected chi connectivity index (χ4v) is 2.85. The van der Waals surface area contributed by atoms with Gasteiger partial charge in [0.15, 0.2) is 0 Å². The zero-order valence-corrected chi connectivity index (χ0v) is 15.3. The van der Waals surface area contributed by atoms with Crippen molar-refractivity contribution in [1.82, 2.24) is 4.98 Å². The topological polar surface area (TPSA) is 95.0 Å². The number of nitriles is 1. The van der Waals surface area contributed by atoms with Gasteiger partial charge in [-0.15, -0.1) is 0 Å². The first-order valence-corrected chi connectivity index (χ1v) is 8.55. The van der Waals surface area contributed by atoms with Crippen LogP contribution in [0.2, 0.25) is 0 Å². The monoisotopic (exact) mass is 353 g/mol. The Morgan fingerprint density at radius 2 is 2.04 bits per heavy atom. The first-order chi connectivity index (χ1) is 12.5. The molecule has 0 saturated heterocycles. The molecule has 0 saturated carbocycles. The number of para-hydroxylation sites is 1. The number of anilines is 1. The Hall–Kier alpha value is -2.91. The number of hydrogen-bond donors (Lipinski definition) is 2. The van der Waals surface area contributed by atoms with Gasteiger partial charge in [0.1, 0.15) is 11.6 Å². The second-order valence-corrected chi connectivity index (χ2v) is 6.01. The summed E-state index contributed by atoms with van der Waals surface area (Å²) >= 11 is 0. The van der Waals surface area contributed by atoms with Gasteiger partial charge in [0.2, 0.25) is 5.91 Å². The predicted molar refractivity (Wildman–Crippen MR) is 100.0 cm³/mol. The third-order valence-corrected chi connectivity index (χ3v) is 4.28. The molecule has 26 heavy (non-hydrogen) atoms. The maximum Gasteiger partial charge on any atom is 0.266 e. The molecule has 0 aliphatic rings. The number of hydrogen-bond acceptors (Lipinski definition) is 4. The average molecular weight is 353 g/mol. The predicted octanol–water partition coefficient (Wildman–Crippen LogP) is 2.97. The Morgan fingerprint density at radius 3 is 2.73 bits per heavy atom. The molecule has 6 nitrogen and oxygen atoms in total. The molecule has 0 aliphatic carbocycles. The number of carbonyl (C=O) groups excluding carboxylic acids is 1. The largest absolute Gasteiger partial charge is 0.377 e. The highest BCUT2D eigenvalue weighted by molar-refractivity contribution is 5.91. The zero-order chi connectivity index (χ0) is 19.1. The molecule has 1 aromatic heterocycles. The van der Waals surface area contributed by atoms with Crippen LogP contribution in [0.3, 0.4) is 0 Å². The van der Waals surface area contributed by atoms with Gasteiger partial charge in [0.05, 0.1) is 6.61 Å². The van der Waals surface area contributed by atoms with Gasteiger partial charge in [-0.2, -0.15) is 5.26 Å². The number of nitrogens with one attached hydrogen (secondary N) is 2. The molecule has 0 spiro atoms. The highest BCUT2D eigenvalue weighted by Crippen LogP contribution is 2.18. The van der Waals surface area contributed by atoms with Gasteiger partial charge in [0.25, 0.3) is 5.56 Å².